The molecule has 1 amide bonds. The third-order valence-corrected chi connectivity index (χ3v) is 6.14. The number of benzene rings is 3. The van der Waals surface area contributed by atoms with Gasteiger partial charge in [0.2, 0.25) is 0 Å². The van der Waals surface area contributed by atoms with E-state index < -0.39 is 0 Å². The summed E-state index contributed by atoms with van der Waals surface area (Å²) >= 11 is 0. The van der Waals surface area contributed by atoms with Crippen LogP contribution in [-0.2, 0) is 17.9 Å². The fraction of sp³-hybridized carbons (Fsp3) is 0.241. The second-order valence-corrected chi connectivity index (χ2v) is 8.77. The fourth-order valence-corrected chi connectivity index (χ4v) is 4.31. The van der Waals surface area contributed by atoms with E-state index >= 15 is 0 Å². The van der Waals surface area contributed by atoms with E-state index in [0.717, 1.165) is 41.5 Å². The number of aromatic nitrogens is 1. The molecule has 35 heavy (non-hydrogen) atoms. The third-order valence-electron chi connectivity index (χ3n) is 6.14. The molecule has 5 nitrogen and oxygen atoms in total. The Kier molecular flexibility index (Phi) is 7.00. The molecule has 1 atom stereocenters. The van der Waals surface area contributed by atoms with Crippen LogP contribution in [0.15, 0.2) is 84.9 Å². The number of amides is 1. The van der Waals surface area contributed by atoms with Gasteiger partial charge in [-0.25, -0.2) is 9.37 Å². The maximum absolute atomic E-state index is 13.5. The molecule has 6 heteroatoms. The number of halogens is 1. The molecule has 1 aliphatic heterocycles. The zero-order chi connectivity index (χ0) is 24.0. The summed E-state index contributed by atoms with van der Waals surface area (Å²) in [4.78, 5) is 19.9. The monoisotopic (exact) mass is 470 g/mol. The van der Waals surface area contributed by atoms with Crippen LogP contribution in [0.2, 0.25) is 0 Å². The predicted molar refractivity (Wildman–Crippen MR) is 133 cm³/mol. The van der Waals surface area contributed by atoms with Gasteiger partial charge in [-0.15, -0.1) is 0 Å². The van der Waals surface area contributed by atoms with Gasteiger partial charge in [-0.1, -0.05) is 48.5 Å². The zero-order valence-electron chi connectivity index (χ0n) is 19.4. The average molecular weight is 471 g/mol. The van der Waals surface area contributed by atoms with Crippen LogP contribution in [0.1, 0.15) is 34.5 Å². The first-order valence-electron chi connectivity index (χ1n) is 11.9. The van der Waals surface area contributed by atoms with Crippen LogP contribution in [0.4, 0.5) is 4.39 Å². The summed E-state index contributed by atoms with van der Waals surface area (Å²) in [5, 5.41) is 1.00. The minimum Gasteiger partial charge on any atom is -0.489 e. The Labute approximate surface area is 204 Å². The Morgan fingerprint density at radius 2 is 1.86 bits per heavy atom. The van der Waals surface area contributed by atoms with Crippen molar-refractivity contribution in [3.63, 3.8) is 0 Å². The number of hydrogen-bond acceptors (Lipinski definition) is 4. The number of hydrogen-bond donors (Lipinski definition) is 0. The highest BCUT2D eigenvalue weighted by atomic mass is 19.1. The van der Waals surface area contributed by atoms with Crippen molar-refractivity contribution >= 4 is 16.8 Å². The molecule has 2 heterocycles. The maximum atomic E-state index is 13.5. The van der Waals surface area contributed by atoms with Crippen molar-refractivity contribution in [3.8, 4) is 5.75 Å². The third kappa shape index (κ3) is 5.84. The smallest absolute Gasteiger partial charge is 0.272 e. The molecule has 5 rings (SSSR count). The molecule has 3 aromatic carbocycles. The molecule has 1 aliphatic rings. The molecule has 0 bridgehead atoms. The van der Waals surface area contributed by atoms with Gasteiger partial charge >= 0.3 is 0 Å². The van der Waals surface area contributed by atoms with Gasteiger partial charge in [-0.2, -0.15) is 0 Å². The summed E-state index contributed by atoms with van der Waals surface area (Å²) in [5.74, 6) is 0.294. The molecule has 1 saturated heterocycles. The minimum atomic E-state index is -0.279. The van der Waals surface area contributed by atoms with E-state index in [4.69, 9.17) is 9.47 Å². The van der Waals surface area contributed by atoms with Gasteiger partial charge in [0.25, 0.3) is 5.91 Å². The molecule has 1 unspecified atom stereocenters. The van der Waals surface area contributed by atoms with E-state index in [9.17, 15) is 9.18 Å². The standard InChI is InChI=1S/C29H27FN2O3/c30-24-7-3-5-22(17-24)20-35-25-13-10-21(11-14-25)18-32(19-26-8-4-16-34-26)29(33)28-15-12-23-6-1-2-9-27(23)31-28/h1-3,5-7,9-15,17,26H,4,8,16,18-20H2. The Morgan fingerprint density at radius 1 is 1.00 bits per heavy atom. The van der Waals surface area contributed by atoms with Crippen LogP contribution in [0.3, 0.4) is 0 Å². The highest BCUT2D eigenvalue weighted by Gasteiger charge is 2.24. The number of carbonyl (C=O) groups excluding carboxylic acids is 1. The van der Waals surface area contributed by atoms with Crippen molar-refractivity contribution in [1.82, 2.24) is 9.88 Å². The lowest BCUT2D eigenvalue weighted by atomic mass is 10.1. The van der Waals surface area contributed by atoms with Crippen LogP contribution in [0, 0.1) is 5.82 Å². The summed E-state index contributed by atoms with van der Waals surface area (Å²) in [7, 11) is 0. The van der Waals surface area contributed by atoms with E-state index in [0.29, 0.717) is 24.5 Å². The first kappa shape index (κ1) is 23.0. The SMILES string of the molecule is O=C(c1ccc2ccccc2n1)N(Cc1ccc(OCc2cccc(F)c2)cc1)CC1CCCO1. The van der Waals surface area contributed by atoms with Gasteiger partial charge in [-0.05, 0) is 60.4 Å². The summed E-state index contributed by atoms with van der Waals surface area (Å²) in [6.07, 6.45) is 1.99. The quantitative estimate of drug-likeness (QED) is 0.328. The molecule has 0 saturated carbocycles. The lowest BCUT2D eigenvalue weighted by Gasteiger charge is -2.25. The average Bonchev–Trinajstić information content (AvgIpc) is 3.40. The second-order valence-electron chi connectivity index (χ2n) is 8.77. The van der Waals surface area contributed by atoms with E-state index in [1.807, 2.05) is 65.6 Å². The lowest BCUT2D eigenvalue weighted by molar-refractivity contribution is 0.0503. The number of ether oxygens (including phenoxy) is 2. The van der Waals surface area contributed by atoms with Crippen molar-refractivity contribution in [2.45, 2.75) is 32.1 Å². The molecule has 0 spiro atoms. The first-order chi connectivity index (χ1) is 17.1. The van der Waals surface area contributed by atoms with Gasteiger partial charge < -0.3 is 14.4 Å². The van der Waals surface area contributed by atoms with Crippen LogP contribution < -0.4 is 4.74 Å². The number of pyridine rings is 1. The van der Waals surface area contributed by atoms with Gasteiger partial charge in [-0.3, -0.25) is 4.79 Å². The largest absolute Gasteiger partial charge is 0.489 e. The van der Waals surface area contributed by atoms with E-state index in [-0.39, 0.29) is 24.4 Å². The molecule has 178 valence electrons. The fourth-order valence-electron chi connectivity index (χ4n) is 4.31. The molecule has 0 radical (unpaired) electrons. The molecular formula is C29H27FN2O3. The zero-order valence-corrected chi connectivity index (χ0v) is 19.4. The van der Waals surface area contributed by atoms with Crippen molar-refractivity contribution in [2.75, 3.05) is 13.2 Å². The Bertz CT molecular complexity index is 1300. The van der Waals surface area contributed by atoms with Crippen LogP contribution >= 0.6 is 0 Å². The number of rotatable bonds is 8. The summed E-state index contributed by atoms with van der Waals surface area (Å²) in [6.45, 7) is 1.98. The van der Waals surface area contributed by atoms with Crippen LogP contribution in [-0.4, -0.2) is 35.0 Å². The van der Waals surface area contributed by atoms with Gasteiger partial charge in [0.05, 0.1) is 11.6 Å². The Balaban J connectivity index is 1.29. The first-order valence-corrected chi connectivity index (χ1v) is 11.9. The minimum absolute atomic E-state index is 0.0354. The highest BCUT2D eigenvalue weighted by Crippen LogP contribution is 2.20. The molecular weight excluding hydrogens is 443 g/mol. The van der Waals surface area contributed by atoms with Crippen molar-refractivity contribution < 1.29 is 18.7 Å². The number of nitrogens with zero attached hydrogens (tertiary/aromatic N) is 2. The van der Waals surface area contributed by atoms with E-state index in [1.165, 1.54) is 12.1 Å². The number of carbonyl (C=O) groups is 1. The van der Waals surface area contributed by atoms with E-state index in [1.54, 1.807) is 12.1 Å². The molecule has 4 aromatic rings. The predicted octanol–water partition coefficient (Wildman–Crippen LogP) is 5.77. The lowest BCUT2D eigenvalue weighted by Crippen LogP contribution is -2.37. The van der Waals surface area contributed by atoms with Crippen LogP contribution in [0.5, 0.6) is 5.75 Å². The molecule has 1 fully saturated rings. The van der Waals surface area contributed by atoms with Gasteiger partial charge in [0.1, 0.15) is 23.9 Å². The Morgan fingerprint density at radius 3 is 2.66 bits per heavy atom. The Hall–Kier alpha value is -3.77. The second kappa shape index (κ2) is 10.7. The topological polar surface area (TPSA) is 51.7 Å². The van der Waals surface area contributed by atoms with E-state index in [2.05, 4.69) is 4.98 Å². The van der Waals surface area contributed by atoms with Crippen LogP contribution in [0.25, 0.3) is 10.9 Å². The number of para-hydroxylation sites is 1. The van der Waals surface area contributed by atoms with Crippen molar-refractivity contribution in [3.05, 3.63) is 108 Å². The normalized spacial score (nSPS) is 15.3. The number of fused-ring (bicyclic) bond motifs is 1. The van der Waals surface area contributed by atoms with Crippen molar-refractivity contribution in [1.29, 1.82) is 0 Å². The molecule has 1 aromatic heterocycles. The van der Waals surface area contributed by atoms with Gasteiger partial charge in [0.15, 0.2) is 0 Å². The van der Waals surface area contributed by atoms with Crippen molar-refractivity contribution in [2.24, 2.45) is 0 Å². The highest BCUT2D eigenvalue weighted by molar-refractivity contribution is 5.95. The maximum Gasteiger partial charge on any atom is 0.272 e. The summed E-state index contributed by atoms with van der Waals surface area (Å²) in [5.41, 5.74) is 2.98. The summed E-state index contributed by atoms with van der Waals surface area (Å²) < 4.78 is 25.0. The van der Waals surface area contributed by atoms with Gasteiger partial charge in [0, 0.05) is 25.1 Å². The molecule has 0 N–H and O–H groups in total. The molecule has 0 aliphatic carbocycles. The summed E-state index contributed by atoms with van der Waals surface area (Å²) in [6, 6.07) is 25.5.